The van der Waals surface area contributed by atoms with Crippen LogP contribution in [0.1, 0.15) is 44.1 Å². The summed E-state index contributed by atoms with van der Waals surface area (Å²) in [6.45, 7) is 2.28. The Morgan fingerprint density at radius 1 is 0.923 bits per heavy atom. The maximum absolute atomic E-state index is 11.2. The van der Waals surface area contributed by atoms with Gasteiger partial charge in [0.25, 0.3) is 5.69 Å². The molecule has 1 aliphatic rings. The number of hydrogen-bond acceptors (Lipinski definition) is 5. The molecule has 26 heavy (non-hydrogen) atoms. The molecule has 0 radical (unpaired) electrons. The molecular weight excluding hydrogens is 336 g/mol. The molecule has 0 atom stereocenters. The van der Waals surface area contributed by atoms with Crippen LogP contribution in [0.3, 0.4) is 0 Å². The highest BCUT2D eigenvalue weighted by Crippen LogP contribution is 2.37. The van der Waals surface area contributed by atoms with Gasteiger partial charge in [0.15, 0.2) is 0 Å². The van der Waals surface area contributed by atoms with E-state index in [0.29, 0.717) is 11.7 Å². The number of non-ortho nitro benzene ring substituents is 1. The van der Waals surface area contributed by atoms with Crippen molar-refractivity contribution in [3.63, 3.8) is 0 Å². The number of rotatable bonds is 5. The summed E-state index contributed by atoms with van der Waals surface area (Å²) in [6.07, 6.45) is 4.82. The highest BCUT2D eigenvalue weighted by Gasteiger charge is 2.22. The first-order chi connectivity index (χ1) is 12.4. The average molecular weight is 356 g/mol. The van der Waals surface area contributed by atoms with Crippen molar-refractivity contribution < 1.29 is 14.6 Å². The van der Waals surface area contributed by atoms with E-state index in [-0.39, 0.29) is 11.4 Å². The van der Waals surface area contributed by atoms with Gasteiger partial charge < -0.3 is 4.74 Å². The van der Waals surface area contributed by atoms with E-state index in [1.54, 1.807) is 12.1 Å². The predicted octanol–water partition coefficient (Wildman–Crippen LogP) is 5.59. The summed E-state index contributed by atoms with van der Waals surface area (Å²) in [6, 6.07) is 10.9. The molecule has 2 aromatic carbocycles. The van der Waals surface area contributed by atoms with Gasteiger partial charge in [-0.3, -0.25) is 20.2 Å². The zero-order chi connectivity index (χ0) is 18.7. The smallest absolute Gasteiger partial charge is 0.318 e. The minimum atomic E-state index is -0.681. The van der Waals surface area contributed by atoms with Gasteiger partial charge in [0.05, 0.1) is 15.9 Å². The fraction of sp³-hybridized carbons (Fsp3) is 0.368. The maximum Gasteiger partial charge on any atom is 0.318 e. The molecule has 7 nitrogen and oxygen atoms in total. The average Bonchev–Trinajstić information content (AvgIpc) is 2.63. The fourth-order valence-corrected chi connectivity index (χ4v) is 3.38. The van der Waals surface area contributed by atoms with E-state index in [0.717, 1.165) is 12.0 Å². The maximum atomic E-state index is 11.2. The lowest BCUT2D eigenvalue weighted by Gasteiger charge is -2.26. The van der Waals surface area contributed by atoms with Crippen molar-refractivity contribution in [2.45, 2.75) is 38.5 Å². The van der Waals surface area contributed by atoms with Gasteiger partial charge in [0.2, 0.25) is 5.75 Å². The van der Waals surface area contributed by atoms with Crippen LogP contribution in [0, 0.1) is 26.1 Å². The number of nitro benzene ring substituents is 2. The Bertz CT molecular complexity index is 811. The van der Waals surface area contributed by atoms with Crippen LogP contribution in [0.2, 0.25) is 0 Å². The first kappa shape index (κ1) is 17.8. The first-order valence-corrected chi connectivity index (χ1v) is 8.64. The van der Waals surface area contributed by atoms with Gasteiger partial charge in [-0.1, -0.05) is 31.9 Å². The molecule has 0 amide bonds. The predicted molar refractivity (Wildman–Crippen MR) is 96.6 cm³/mol. The lowest BCUT2D eigenvalue weighted by atomic mass is 9.79. The highest BCUT2D eigenvalue weighted by atomic mass is 16.6. The number of hydrogen-bond donors (Lipinski definition) is 0. The molecule has 1 aliphatic carbocycles. The third kappa shape index (κ3) is 3.99. The minimum Gasteiger partial charge on any atom is -0.450 e. The zero-order valence-corrected chi connectivity index (χ0v) is 14.5. The van der Waals surface area contributed by atoms with Gasteiger partial charge in [-0.25, -0.2) is 0 Å². The Morgan fingerprint density at radius 2 is 1.58 bits per heavy atom. The molecule has 0 aliphatic heterocycles. The van der Waals surface area contributed by atoms with E-state index in [1.165, 1.54) is 43.4 Å². The SMILES string of the molecule is CC1CCC(c2ccc(Oc3ccc([N+](=O)[O-])cc3[N+](=O)[O-])cc2)CC1. The summed E-state index contributed by atoms with van der Waals surface area (Å²) in [4.78, 5) is 20.6. The molecule has 0 saturated heterocycles. The number of benzene rings is 2. The van der Waals surface area contributed by atoms with E-state index in [4.69, 9.17) is 4.74 Å². The Labute approximate surface area is 150 Å². The van der Waals surface area contributed by atoms with Crippen molar-refractivity contribution in [3.05, 3.63) is 68.3 Å². The van der Waals surface area contributed by atoms with Gasteiger partial charge in [-0.15, -0.1) is 0 Å². The molecular formula is C19H20N2O5. The van der Waals surface area contributed by atoms with Crippen LogP contribution < -0.4 is 4.74 Å². The first-order valence-electron chi connectivity index (χ1n) is 8.64. The van der Waals surface area contributed by atoms with Crippen LogP contribution in [0.15, 0.2) is 42.5 Å². The van der Waals surface area contributed by atoms with Gasteiger partial charge in [-0.2, -0.15) is 0 Å². The van der Waals surface area contributed by atoms with E-state index in [2.05, 4.69) is 6.92 Å². The Kier molecular flexibility index (Phi) is 5.16. The quantitative estimate of drug-likeness (QED) is 0.514. The second-order valence-electron chi connectivity index (χ2n) is 6.79. The Hall–Kier alpha value is -2.96. The summed E-state index contributed by atoms with van der Waals surface area (Å²) < 4.78 is 5.60. The van der Waals surface area contributed by atoms with Crippen LogP contribution in [0.25, 0.3) is 0 Å². The summed E-state index contributed by atoms with van der Waals surface area (Å²) in [5.41, 5.74) is 0.484. The zero-order valence-electron chi connectivity index (χ0n) is 14.5. The number of nitro groups is 2. The van der Waals surface area contributed by atoms with Crippen molar-refractivity contribution in [3.8, 4) is 11.5 Å². The van der Waals surface area contributed by atoms with E-state index in [1.807, 2.05) is 12.1 Å². The molecule has 0 aromatic heterocycles. The van der Waals surface area contributed by atoms with Crippen LogP contribution in [-0.4, -0.2) is 9.85 Å². The second-order valence-corrected chi connectivity index (χ2v) is 6.79. The van der Waals surface area contributed by atoms with Gasteiger partial charge >= 0.3 is 5.69 Å². The van der Waals surface area contributed by atoms with Crippen molar-refractivity contribution in [1.82, 2.24) is 0 Å². The highest BCUT2D eigenvalue weighted by molar-refractivity contribution is 5.54. The fourth-order valence-electron chi connectivity index (χ4n) is 3.38. The molecule has 1 fully saturated rings. The third-order valence-electron chi connectivity index (χ3n) is 4.95. The Morgan fingerprint density at radius 3 is 2.15 bits per heavy atom. The summed E-state index contributed by atoms with van der Waals surface area (Å²) in [5, 5.41) is 22.0. The molecule has 0 unspecified atom stereocenters. The molecule has 1 saturated carbocycles. The van der Waals surface area contributed by atoms with Crippen molar-refractivity contribution in [1.29, 1.82) is 0 Å². The van der Waals surface area contributed by atoms with Crippen LogP contribution in [0.5, 0.6) is 11.5 Å². The van der Waals surface area contributed by atoms with Gasteiger partial charge in [-0.05, 0) is 48.4 Å². The molecule has 0 bridgehead atoms. The molecule has 0 N–H and O–H groups in total. The third-order valence-corrected chi connectivity index (χ3v) is 4.95. The molecule has 136 valence electrons. The second kappa shape index (κ2) is 7.51. The topological polar surface area (TPSA) is 95.5 Å². The van der Waals surface area contributed by atoms with Crippen LogP contribution >= 0.6 is 0 Å². The normalized spacial score (nSPS) is 19.7. The summed E-state index contributed by atoms with van der Waals surface area (Å²) >= 11 is 0. The molecule has 2 aromatic rings. The van der Waals surface area contributed by atoms with E-state index >= 15 is 0 Å². The lowest BCUT2D eigenvalue weighted by molar-refractivity contribution is -0.394. The molecule has 0 spiro atoms. The number of nitrogens with zero attached hydrogens (tertiary/aromatic N) is 2. The van der Waals surface area contributed by atoms with E-state index < -0.39 is 15.5 Å². The van der Waals surface area contributed by atoms with Gasteiger partial charge in [0, 0.05) is 6.07 Å². The van der Waals surface area contributed by atoms with Crippen LogP contribution in [-0.2, 0) is 0 Å². The van der Waals surface area contributed by atoms with Gasteiger partial charge in [0.1, 0.15) is 5.75 Å². The molecule has 3 rings (SSSR count). The summed E-state index contributed by atoms with van der Waals surface area (Å²) in [7, 11) is 0. The van der Waals surface area contributed by atoms with Crippen molar-refractivity contribution in [2.24, 2.45) is 5.92 Å². The Balaban J connectivity index is 1.77. The standard InChI is InChI=1S/C19H20N2O5/c1-13-2-4-14(5-3-13)15-6-9-17(10-7-15)26-19-11-8-16(20(22)23)12-18(19)21(24)25/h6-14H,2-5H2,1H3. The largest absolute Gasteiger partial charge is 0.450 e. The lowest BCUT2D eigenvalue weighted by Crippen LogP contribution is -2.10. The van der Waals surface area contributed by atoms with E-state index in [9.17, 15) is 20.2 Å². The van der Waals surface area contributed by atoms with Crippen molar-refractivity contribution in [2.75, 3.05) is 0 Å². The molecule has 7 heteroatoms. The van der Waals surface area contributed by atoms with Crippen molar-refractivity contribution >= 4 is 11.4 Å². The summed E-state index contributed by atoms with van der Waals surface area (Å²) in [5.74, 6) is 1.79. The monoisotopic (exact) mass is 356 g/mol. The molecule has 0 heterocycles. The van der Waals surface area contributed by atoms with Crippen LogP contribution in [0.4, 0.5) is 11.4 Å². The number of ether oxygens (including phenoxy) is 1. The minimum absolute atomic E-state index is 0.0140.